The summed E-state index contributed by atoms with van der Waals surface area (Å²) in [5.74, 6) is -1.66. The molecule has 3 aliphatic rings. The predicted molar refractivity (Wildman–Crippen MR) is 162 cm³/mol. The molecule has 1 fully saturated rings. The molecule has 4 aromatic rings. The Labute approximate surface area is 248 Å². The molecule has 4 atom stereocenters. The average Bonchev–Trinajstić information content (AvgIpc) is 3.49. The van der Waals surface area contributed by atoms with Crippen molar-refractivity contribution < 1.29 is 19.1 Å². The van der Waals surface area contributed by atoms with Gasteiger partial charge in [-0.1, -0.05) is 78.3 Å². The highest BCUT2D eigenvalue weighted by Crippen LogP contribution is 2.62. The standard InChI is InChI=1S/C35H27ClN2O4/c1-2-42-28-18-10-6-14-24(28)31(39)29-30(32(40)23-13-5-8-16-26(23)36)38-20-19-21-11-3-4-12-22(21)33(38)35(29)25-15-7-9-17-27(25)37-34(35)41/h3-20,29-30,33H,2H2,1H3,(H,37,41)/t29-,30+,33-,35-/m0/s1. The number of benzene rings is 4. The molecule has 1 amide bonds. The van der Waals surface area contributed by atoms with Crippen LogP contribution in [-0.2, 0) is 10.2 Å². The van der Waals surface area contributed by atoms with Gasteiger partial charge in [0.15, 0.2) is 11.6 Å². The zero-order valence-electron chi connectivity index (χ0n) is 22.8. The topological polar surface area (TPSA) is 75.7 Å². The van der Waals surface area contributed by atoms with E-state index in [9.17, 15) is 9.59 Å². The van der Waals surface area contributed by atoms with Gasteiger partial charge in [-0.25, -0.2) is 0 Å². The first kappa shape index (κ1) is 26.2. The maximum absolute atomic E-state index is 15.0. The number of hydrogen-bond acceptors (Lipinski definition) is 5. The Morgan fingerprint density at radius 3 is 2.38 bits per heavy atom. The number of nitrogens with zero attached hydrogens (tertiary/aromatic N) is 1. The van der Waals surface area contributed by atoms with Crippen molar-refractivity contribution in [2.75, 3.05) is 11.9 Å². The normalized spacial score (nSPS) is 23.2. The second kappa shape index (κ2) is 10.00. The van der Waals surface area contributed by atoms with Crippen molar-refractivity contribution >= 4 is 40.8 Å². The van der Waals surface area contributed by atoms with Crippen LogP contribution >= 0.6 is 11.6 Å². The van der Waals surface area contributed by atoms with E-state index in [4.69, 9.17) is 16.3 Å². The van der Waals surface area contributed by atoms with E-state index >= 15 is 4.79 Å². The van der Waals surface area contributed by atoms with Crippen molar-refractivity contribution in [2.24, 2.45) is 5.92 Å². The molecule has 0 aromatic heterocycles. The van der Waals surface area contributed by atoms with Gasteiger partial charge in [-0.3, -0.25) is 14.4 Å². The van der Waals surface area contributed by atoms with Crippen molar-refractivity contribution in [1.82, 2.24) is 4.90 Å². The molecule has 7 heteroatoms. The van der Waals surface area contributed by atoms with Gasteiger partial charge in [0.05, 0.1) is 29.2 Å². The van der Waals surface area contributed by atoms with Gasteiger partial charge >= 0.3 is 0 Å². The summed E-state index contributed by atoms with van der Waals surface area (Å²) in [5.41, 5.74) is 2.34. The molecule has 0 bridgehead atoms. The summed E-state index contributed by atoms with van der Waals surface area (Å²) in [4.78, 5) is 46.2. The van der Waals surface area contributed by atoms with E-state index in [2.05, 4.69) is 5.32 Å². The highest BCUT2D eigenvalue weighted by Gasteiger charge is 2.71. The highest BCUT2D eigenvalue weighted by atomic mass is 35.5. The number of fused-ring (bicyclic) bond motifs is 6. The number of amides is 1. The smallest absolute Gasteiger partial charge is 0.238 e. The fraction of sp³-hybridized carbons (Fsp3) is 0.171. The second-order valence-corrected chi connectivity index (χ2v) is 11.1. The number of Topliss-reactive ketones (excluding diaryl/α,β-unsaturated/α-hetero) is 2. The summed E-state index contributed by atoms with van der Waals surface area (Å²) >= 11 is 6.58. The van der Waals surface area contributed by atoms with E-state index in [1.807, 2.05) is 72.6 Å². The van der Waals surface area contributed by atoms with Crippen LogP contribution in [0.25, 0.3) is 6.08 Å². The van der Waals surface area contributed by atoms with E-state index in [1.165, 1.54) is 0 Å². The van der Waals surface area contributed by atoms with E-state index in [1.54, 1.807) is 48.5 Å². The van der Waals surface area contributed by atoms with Crippen molar-refractivity contribution in [3.05, 3.63) is 136 Å². The lowest BCUT2D eigenvalue weighted by Crippen LogP contribution is -2.49. The van der Waals surface area contributed by atoms with Crippen LogP contribution in [-0.4, -0.2) is 35.0 Å². The van der Waals surface area contributed by atoms with E-state index < -0.39 is 23.4 Å². The summed E-state index contributed by atoms with van der Waals surface area (Å²) in [5, 5.41) is 3.36. The van der Waals surface area contributed by atoms with Crippen molar-refractivity contribution in [3.8, 4) is 5.75 Å². The number of nitrogens with one attached hydrogen (secondary N) is 1. The van der Waals surface area contributed by atoms with Gasteiger partial charge in [0.25, 0.3) is 0 Å². The van der Waals surface area contributed by atoms with Crippen molar-refractivity contribution in [2.45, 2.75) is 24.4 Å². The number of hydrogen-bond donors (Lipinski definition) is 1. The summed E-state index contributed by atoms with van der Waals surface area (Å²) in [7, 11) is 0. The first-order valence-electron chi connectivity index (χ1n) is 14.0. The minimum Gasteiger partial charge on any atom is -0.493 e. The Bertz CT molecular complexity index is 1800. The van der Waals surface area contributed by atoms with Gasteiger partial charge in [0.1, 0.15) is 17.2 Å². The van der Waals surface area contributed by atoms with Crippen LogP contribution in [0.15, 0.2) is 103 Å². The lowest BCUT2D eigenvalue weighted by atomic mass is 9.62. The Hall–Kier alpha value is -4.68. The molecule has 4 aromatic carbocycles. The third-order valence-electron chi connectivity index (χ3n) is 8.71. The van der Waals surface area contributed by atoms with Crippen LogP contribution in [0, 0.1) is 5.92 Å². The number of rotatable bonds is 6. The van der Waals surface area contributed by atoms with E-state index in [0.29, 0.717) is 39.8 Å². The molecular formula is C35H27ClN2O4. The van der Waals surface area contributed by atoms with Gasteiger partial charge in [-0.15, -0.1) is 0 Å². The molecule has 1 N–H and O–H groups in total. The third-order valence-corrected chi connectivity index (χ3v) is 9.04. The van der Waals surface area contributed by atoms with Crippen LogP contribution in [0.2, 0.25) is 5.02 Å². The zero-order valence-corrected chi connectivity index (χ0v) is 23.5. The van der Waals surface area contributed by atoms with Crippen LogP contribution in [0.1, 0.15) is 50.4 Å². The Morgan fingerprint density at radius 1 is 0.881 bits per heavy atom. The summed E-state index contributed by atoms with van der Waals surface area (Å²) < 4.78 is 5.88. The van der Waals surface area contributed by atoms with Gasteiger partial charge in [0.2, 0.25) is 5.91 Å². The van der Waals surface area contributed by atoms with Crippen molar-refractivity contribution in [3.63, 3.8) is 0 Å². The number of ketones is 2. The zero-order chi connectivity index (χ0) is 29.0. The van der Waals surface area contributed by atoms with Crippen molar-refractivity contribution in [1.29, 1.82) is 0 Å². The SMILES string of the molecule is CCOc1ccccc1C(=O)[C@@H]1[C@H](C(=O)c2ccccc2Cl)N2C=Cc3ccccc3[C@H]2[C@@]12C(=O)Nc1ccccc12. The first-order valence-corrected chi connectivity index (χ1v) is 14.4. The quantitative estimate of drug-likeness (QED) is 0.259. The fourth-order valence-corrected chi connectivity index (χ4v) is 7.34. The predicted octanol–water partition coefficient (Wildman–Crippen LogP) is 6.72. The molecule has 0 saturated carbocycles. The molecule has 42 heavy (non-hydrogen) atoms. The molecule has 0 radical (unpaired) electrons. The first-order chi connectivity index (χ1) is 20.5. The van der Waals surface area contributed by atoms with Crippen LogP contribution in [0.3, 0.4) is 0 Å². The fourth-order valence-electron chi connectivity index (χ4n) is 7.11. The minimum absolute atomic E-state index is 0.290. The van der Waals surface area contributed by atoms with Gasteiger partial charge < -0.3 is 15.0 Å². The summed E-state index contributed by atoms with van der Waals surface area (Å²) in [6.45, 7) is 2.21. The monoisotopic (exact) mass is 574 g/mol. The van der Waals surface area contributed by atoms with Gasteiger partial charge in [0, 0.05) is 17.5 Å². The maximum Gasteiger partial charge on any atom is 0.238 e. The highest BCUT2D eigenvalue weighted by molar-refractivity contribution is 6.34. The molecule has 208 valence electrons. The molecule has 6 nitrogen and oxygen atoms in total. The third kappa shape index (κ3) is 3.61. The lowest BCUT2D eigenvalue weighted by molar-refractivity contribution is -0.122. The van der Waals surface area contributed by atoms with E-state index in [0.717, 1.165) is 11.1 Å². The lowest BCUT2D eigenvalue weighted by Gasteiger charge is -2.38. The number of ether oxygens (including phenoxy) is 1. The molecule has 0 unspecified atom stereocenters. The molecule has 1 spiro atoms. The largest absolute Gasteiger partial charge is 0.493 e. The summed E-state index contributed by atoms with van der Waals surface area (Å²) in [6, 6.07) is 27.5. The molecule has 1 saturated heterocycles. The number of para-hydroxylation sites is 2. The second-order valence-electron chi connectivity index (χ2n) is 10.7. The Morgan fingerprint density at radius 2 is 1.57 bits per heavy atom. The number of carbonyl (C=O) groups excluding carboxylic acids is 3. The van der Waals surface area contributed by atoms with Crippen LogP contribution in [0.5, 0.6) is 5.75 Å². The average molecular weight is 575 g/mol. The number of carbonyl (C=O) groups is 3. The minimum atomic E-state index is -1.42. The molecular weight excluding hydrogens is 548 g/mol. The maximum atomic E-state index is 15.0. The van der Waals surface area contributed by atoms with Crippen LogP contribution in [0.4, 0.5) is 5.69 Å². The van der Waals surface area contributed by atoms with Gasteiger partial charge in [-0.2, -0.15) is 0 Å². The van der Waals surface area contributed by atoms with Gasteiger partial charge in [-0.05, 0) is 60.0 Å². The number of halogens is 1. The number of anilines is 1. The molecule has 0 aliphatic carbocycles. The van der Waals surface area contributed by atoms with Crippen LogP contribution < -0.4 is 10.1 Å². The Balaban J connectivity index is 1.55. The molecule has 7 rings (SSSR count). The molecule has 3 heterocycles. The Kier molecular flexibility index (Phi) is 6.24. The van der Waals surface area contributed by atoms with E-state index in [-0.39, 0.29) is 17.5 Å². The molecule has 3 aliphatic heterocycles. The summed E-state index contributed by atoms with van der Waals surface area (Å²) in [6.07, 6.45) is 3.79.